The van der Waals surface area contributed by atoms with E-state index in [9.17, 15) is 15.0 Å². The minimum atomic E-state index is -1.13. The Morgan fingerprint density at radius 2 is 1.67 bits per heavy atom. The number of alkyl carbamates (subject to hydrolysis) is 1. The van der Waals surface area contributed by atoms with Crippen LogP contribution in [-0.2, 0) is 4.74 Å². The van der Waals surface area contributed by atoms with Gasteiger partial charge >= 0.3 is 6.09 Å². The molecule has 0 aromatic heterocycles. The van der Waals surface area contributed by atoms with Crippen LogP contribution in [0.25, 0.3) is 0 Å². The van der Waals surface area contributed by atoms with Crippen LogP contribution in [0, 0.1) is 0 Å². The Bertz CT molecular complexity index is 518. The van der Waals surface area contributed by atoms with E-state index in [2.05, 4.69) is 5.32 Å². The summed E-state index contributed by atoms with van der Waals surface area (Å²) in [6.07, 6.45) is -2.58. The molecule has 2 atom stereocenters. The fourth-order valence-corrected chi connectivity index (χ4v) is 2.02. The highest BCUT2D eigenvalue weighted by atomic mass is 16.6. The van der Waals surface area contributed by atoms with Gasteiger partial charge in [0.15, 0.2) is 0 Å². The first-order valence-corrected chi connectivity index (χ1v) is 7.72. The zero-order chi connectivity index (χ0) is 18.3. The van der Waals surface area contributed by atoms with Crippen molar-refractivity contribution >= 4 is 6.09 Å². The molecule has 136 valence electrons. The maximum Gasteiger partial charge on any atom is 0.407 e. The molecule has 0 fully saturated rings. The second kappa shape index (κ2) is 8.75. The maximum atomic E-state index is 11.5. The highest BCUT2D eigenvalue weighted by Gasteiger charge is 2.21. The number of hydrogen-bond donors (Lipinski definition) is 3. The maximum absolute atomic E-state index is 11.5. The monoisotopic (exact) mass is 341 g/mol. The van der Waals surface area contributed by atoms with Crippen molar-refractivity contribution in [2.75, 3.05) is 20.8 Å². The summed E-state index contributed by atoms with van der Waals surface area (Å²) in [4.78, 5) is 11.5. The fourth-order valence-electron chi connectivity index (χ4n) is 2.02. The van der Waals surface area contributed by atoms with Gasteiger partial charge in [-0.05, 0) is 44.9 Å². The number of nitrogens with one attached hydrogen (secondary N) is 1. The summed E-state index contributed by atoms with van der Waals surface area (Å²) < 4.78 is 15.4. The molecule has 1 rings (SSSR count). The second-order valence-corrected chi connectivity index (χ2v) is 6.38. The smallest absolute Gasteiger partial charge is 0.407 e. The highest BCUT2D eigenvalue weighted by Crippen LogP contribution is 2.28. The highest BCUT2D eigenvalue weighted by molar-refractivity contribution is 5.67. The molecular formula is C17H27NO6. The van der Waals surface area contributed by atoms with Crippen molar-refractivity contribution in [3.63, 3.8) is 0 Å². The molecular weight excluding hydrogens is 314 g/mol. The number of benzene rings is 1. The van der Waals surface area contributed by atoms with Crippen molar-refractivity contribution in [3.8, 4) is 11.5 Å². The van der Waals surface area contributed by atoms with Crippen molar-refractivity contribution in [1.82, 2.24) is 5.32 Å². The molecule has 1 aromatic carbocycles. The van der Waals surface area contributed by atoms with Gasteiger partial charge in [-0.1, -0.05) is 0 Å². The molecule has 0 spiro atoms. The molecule has 0 aliphatic heterocycles. The van der Waals surface area contributed by atoms with Crippen LogP contribution in [0.2, 0.25) is 0 Å². The predicted octanol–water partition coefficient (Wildman–Crippen LogP) is 2.01. The molecule has 3 N–H and O–H groups in total. The van der Waals surface area contributed by atoms with Gasteiger partial charge in [-0.15, -0.1) is 0 Å². The number of carbonyl (C=O) groups excluding carboxylic acids is 1. The van der Waals surface area contributed by atoms with Crippen LogP contribution in [0.3, 0.4) is 0 Å². The average molecular weight is 341 g/mol. The first-order chi connectivity index (χ1) is 11.2. The molecule has 7 nitrogen and oxygen atoms in total. The van der Waals surface area contributed by atoms with E-state index in [4.69, 9.17) is 14.2 Å². The first kappa shape index (κ1) is 20.1. The number of methoxy groups -OCH3 is 2. The lowest BCUT2D eigenvalue weighted by Crippen LogP contribution is -2.34. The Kier molecular flexibility index (Phi) is 7.31. The molecule has 0 saturated heterocycles. The van der Waals surface area contributed by atoms with Crippen LogP contribution in [-0.4, -0.2) is 48.8 Å². The summed E-state index contributed by atoms with van der Waals surface area (Å²) in [5.41, 5.74) is -0.115. The van der Waals surface area contributed by atoms with Crippen LogP contribution >= 0.6 is 0 Å². The van der Waals surface area contributed by atoms with Crippen LogP contribution in [0.1, 0.15) is 38.9 Å². The van der Waals surface area contributed by atoms with Crippen molar-refractivity contribution < 1.29 is 29.2 Å². The molecule has 0 bridgehead atoms. The predicted molar refractivity (Wildman–Crippen MR) is 89.4 cm³/mol. The van der Waals surface area contributed by atoms with Crippen LogP contribution in [0.15, 0.2) is 18.2 Å². The normalized spacial score (nSPS) is 13.8. The lowest BCUT2D eigenvalue weighted by atomic mass is 10.0. The van der Waals surface area contributed by atoms with Crippen LogP contribution in [0.4, 0.5) is 4.79 Å². The molecule has 1 amide bonds. The van der Waals surface area contributed by atoms with Gasteiger partial charge in [-0.25, -0.2) is 4.79 Å². The number of aliphatic hydroxyl groups excluding tert-OH is 2. The lowest BCUT2D eigenvalue weighted by Gasteiger charge is -2.21. The molecule has 0 heterocycles. The van der Waals surface area contributed by atoms with Crippen molar-refractivity contribution in [2.24, 2.45) is 0 Å². The summed E-state index contributed by atoms with van der Waals surface area (Å²) >= 11 is 0. The minimum absolute atomic E-state index is 0.167. The van der Waals surface area contributed by atoms with E-state index in [1.54, 1.807) is 39.0 Å². The summed E-state index contributed by atoms with van der Waals surface area (Å²) in [5, 5.41) is 22.9. The molecule has 0 aliphatic carbocycles. The Morgan fingerprint density at radius 3 is 2.12 bits per heavy atom. The number of hydrogen-bond acceptors (Lipinski definition) is 6. The van der Waals surface area contributed by atoms with Crippen LogP contribution < -0.4 is 14.8 Å². The second-order valence-electron chi connectivity index (χ2n) is 6.38. The van der Waals surface area contributed by atoms with E-state index in [0.717, 1.165) is 0 Å². The van der Waals surface area contributed by atoms with E-state index in [0.29, 0.717) is 17.1 Å². The number of amides is 1. The summed E-state index contributed by atoms with van der Waals surface area (Å²) in [7, 11) is 3.01. The molecule has 7 heteroatoms. The van der Waals surface area contributed by atoms with Crippen molar-refractivity contribution in [2.45, 2.75) is 45.0 Å². The third kappa shape index (κ3) is 6.64. The van der Waals surface area contributed by atoms with E-state index < -0.39 is 23.9 Å². The number of aliphatic hydroxyl groups is 2. The van der Waals surface area contributed by atoms with Gasteiger partial charge < -0.3 is 29.7 Å². The third-order valence-corrected chi connectivity index (χ3v) is 3.19. The topological polar surface area (TPSA) is 97.3 Å². The van der Waals surface area contributed by atoms with Crippen molar-refractivity contribution in [3.05, 3.63) is 23.8 Å². The SMILES string of the molecule is COc1cc(OC)cc(C(O)C(O)CCNC(=O)OC(C)(C)C)c1. The Morgan fingerprint density at radius 1 is 1.12 bits per heavy atom. The molecule has 0 aliphatic rings. The van der Waals surface area contributed by atoms with E-state index in [1.165, 1.54) is 14.2 Å². The van der Waals surface area contributed by atoms with Gasteiger partial charge in [0.2, 0.25) is 0 Å². The molecule has 0 saturated carbocycles. The third-order valence-electron chi connectivity index (χ3n) is 3.19. The largest absolute Gasteiger partial charge is 0.497 e. The van der Waals surface area contributed by atoms with Gasteiger partial charge in [-0.3, -0.25) is 0 Å². The fraction of sp³-hybridized carbons (Fsp3) is 0.588. The van der Waals surface area contributed by atoms with Gasteiger partial charge in [0.25, 0.3) is 0 Å². The van der Waals surface area contributed by atoms with E-state index >= 15 is 0 Å². The number of rotatable bonds is 7. The van der Waals surface area contributed by atoms with Gasteiger partial charge in [0.1, 0.15) is 23.2 Å². The summed E-state index contributed by atoms with van der Waals surface area (Å²) in [6.45, 7) is 5.47. The van der Waals surface area contributed by atoms with Gasteiger partial charge in [0.05, 0.1) is 20.3 Å². The zero-order valence-electron chi connectivity index (χ0n) is 14.8. The Balaban J connectivity index is 2.59. The average Bonchev–Trinajstić information content (AvgIpc) is 2.51. The quantitative estimate of drug-likeness (QED) is 0.702. The minimum Gasteiger partial charge on any atom is -0.497 e. The molecule has 2 unspecified atom stereocenters. The zero-order valence-corrected chi connectivity index (χ0v) is 14.8. The Hall–Kier alpha value is -1.99. The first-order valence-electron chi connectivity index (χ1n) is 7.72. The van der Waals surface area contributed by atoms with Gasteiger partial charge in [0, 0.05) is 12.6 Å². The number of carbonyl (C=O) groups is 1. The Labute approximate surface area is 142 Å². The van der Waals surface area contributed by atoms with E-state index in [1.807, 2.05) is 0 Å². The summed E-state index contributed by atoms with van der Waals surface area (Å²) in [5.74, 6) is 1.03. The van der Waals surface area contributed by atoms with Crippen LogP contribution in [0.5, 0.6) is 11.5 Å². The summed E-state index contributed by atoms with van der Waals surface area (Å²) in [6, 6.07) is 4.92. The van der Waals surface area contributed by atoms with E-state index in [-0.39, 0.29) is 13.0 Å². The molecule has 0 radical (unpaired) electrons. The van der Waals surface area contributed by atoms with Crippen molar-refractivity contribution in [1.29, 1.82) is 0 Å². The van der Waals surface area contributed by atoms with Gasteiger partial charge in [-0.2, -0.15) is 0 Å². The molecule has 24 heavy (non-hydrogen) atoms. The molecule has 1 aromatic rings. The lowest BCUT2D eigenvalue weighted by molar-refractivity contribution is 0.0121. The standard InChI is InChI=1S/C17H27NO6/c1-17(2,3)24-16(21)18-7-6-14(19)15(20)11-8-12(22-4)10-13(9-11)23-5/h8-10,14-15,19-20H,6-7H2,1-5H3,(H,18,21). The number of ether oxygens (including phenoxy) is 3.